The van der Waals surface area contributed by atoms with Crippen LogP contribution in [-0.4, -0.2) is 48.0 Å². The second kappa shape index (κ2) is 8.09. The van der Waals surface area contributed by atoms with Crippen LogP contribution < -0.4 is 15.8 Å². The predicted molar refractivity (Wildman–Crippen MR) is 88.9 cm³/mol. The normalized spacial score (nSPS) is 10.6. The molecule has 2 rings (SSSR count). The summed E-state index contributed by atoms with van der Waals surface area (Å²) in [7, 11) is 4.06. The molecule has 0 atom stereocenters. The van der Waals surface area contributed by atoms with Gasteiger partial charge in [0, 0.05) is 30.7 Å². The maximum Gasteiger partial charge on any atom is 0.271 e. The monoisotopic (exact) mass is 315 g/mol. The maximum atomic E-state index is 11.4. The van der Waals surface area contributed by atoms with E-state index in [-0.39, 0.29) is 5.69 Å². The molecular weight excluding hydrogens is 294 g/mol. The second-order valence-corrected chi connectivity index (χ2v) is 5.28. The van der Waals surface area contributed by atoms with Crippen LogP contribution in [0.15, 0.2) is 36.7 Å². The summed E-state index contributed by atoms with van der Waals surface area (Å²) in [5.41, 5.74) is 6.14. The highest BCUT2D eigenvalue weighted by Crippen LogP contribution is 2.21. The number of primary amides is 1. The summed E-state index contributed by atoms with van der Waals surface area (Å²) in [6, 6.07) is 7.44. The average molecular weight is 315 g/mol. The molecule has 0 aliphatic rings. The number of carbonyl (C=O) groups excluding carboxylic acids is 1. The van der Waals surface area contributed by atoms with Gasteiger partial charge in [0.05, 0.1) is 6.61 Å². The molecule has 7 heteroatoms. The highest BCUT2D eigenvalue weighted by atomic mass is 16.5. The van der Waals surface area contributed by atoms with Gasteiger partial charge < -0.3 is 20.7 Å². The van der Waals surface area contributed by atoms with Crippen LogP contribution in [0.5, 0.6) is 5.75 Å². The third kappa shape index (κ3) is 5.23. The molecule has 0 spiro atoms. The summed E-state index contributed by atoms with van der Waals surface area (Å²) in [5, 5.41) is 3.04. The SMILES string of the molecule is CN(C)CCCOc1cccc(Nc2nccnc2C(N)=O)c1. The fourth-order valence-electron chi connectivity index (χ4n) is 1.98. The van der Waals surface area contributed by atoms with E-state index in [0.29, 0.717) is 12.4 Å². The lowest BCUT2D eigenvalue weighted by Crippen LogP contribution is -2.16. The van der Waals surface area contributed by atoms with E-state index in [1.165, 1.54) is 12.4 Å². The lowest BCUT2D eigenvalue weighted by Gasteiger charge is -2.12. The average Bonchev–Trinajstić information content (AvgIpc) is 2.52. The first-order valence-electron chi connectivity index (χ1n) is 7.31. The minimum absolute atomic E-state index is 0.102. The molecule has 0 aliphatic carbocycles. The molecule has 0 saturated carbocycles. The molecule has 7 nitrogen and oxygen atoms in total. The van der Waals surface area contributed by atoms with Gasteiger partial charge in [-0.2, -0.15) is 0 Å². The van der Waals surface area contributed by atoms with E-state index in [1.807, 2.05) is 38.4 Å². The van der Waals surface area contributed by atoms with Crippen molar-refractivity contribution >= 4 is 17.4 Å². The second-order valence-electron chi connectivity index (χ2n) is 5.28. The van der Waals surface area contributed by atoms with Gasteiger partial charge in [-0.25, -0.2) is 9.97 Å². The van der Waals surface area contributed by atoms with E-state index < -0.39 is 5.91 Å². The Balaban J connectivity index is 2.01. The smallest absolute Gasteiger partial charge is 0.271 e. The topological polar surface area (TPSA) is 93.4 Å². The highest BCUT2D eigenvalue weighted by Gasteiger charge is 2.11. The molecule has 2 aromatic rings. The number of hydrogen-bond donors (Lipinski definition) is 2. The molecule has 0 aliphatic heterocycles. The molecule has 23 heavy (non-hydrogen) atoms. The van der Waals surface area contributed by atoms with E-state index in [2.05, 4.69) is 20.2 Å². The zero-order valence-electron chi connectivity index (χ0n) is 13.3. The molecule has 0 bridgehead atoms. The summed E-state index contributed by atoms with van der Waals surface area (Å²) in [4.78, 5) is 21.5. The number of hydrogen-bond acceptors (Lipinski definition) is 6. The number of benzene rings is 1. The van der Waals surface area contributed by atoms with E-state index in [1.54, 1.807) is 0 Å². The third-order valence-electron chi connectivity index (χ3n) is 3.05. The quantitative estimate of drug-likeness (QED) is 0.720. The van der Waals surface area contributed by atoms with Crippen molar-refractivity contribution in [3.63, 3.8) is 0 Å². The Morgan fingerprint density at radius 1 is 1.30 bits per heavy atom. The Labute approximate surface area is 135 Å². The van der Waals surface area contributed by atoms with Crippen LogP contribution >= 0.6 is 0 Å². The van der Waals surface area contributed by atoms with Crippen LogP contribution in [-0.2, 0) is 0 Å². The first-order chi connectivity index (χ1) is 11.1. The number of carbonyl (C=O) groups is 1. The maximum absolute atomic E-state index is 11.4. The Hall–Kier alpha value is -2.67. The molecule has 3 N–H and O–H groups in total. The third-order valence-corrected chi connectivity index (χ3v) is 3.05. The number of rotatable bonds is 8. The lowest BCUT2D eigenvalue weighted by molar-refractivity contribution is 0.0996. The molecule has 122 valence electrons. The fourth-order valence-corrected chi connectivity index (χ4v) is 1.98. The van der Waals surface area contributed by atoms with Gasteiger partial charge in [-0.15, -0.1) is 0 Å². The minimum Gasteiger partial charge on any atom is -0.493 e. The highest BCUT2D eigenvalue weighted by molar-refractivity contribution is 5.96. The molecule has 0 radical (unpaired) electrons. The Morgan fingerprint density at radius 2 is 2.09 bits per heavy atom. The van der Waals surface area contributed by atoms with Crippen molar-refractivity contribution in [1.82, 2.24) is 14.9 Å². The van der Waals surface area contributed by atoms with E-state index in [4.69, 9.17) is 10.5 Å². The largest absolute Gasteiger partial charge is 0.493 e. The summed E-state index contributed by atoms with van der Waals surface area (Å²) < 4.78 is 5.72. The van der Waals surface area contributed by atoms with Gasteiger partial charge in [0.1, 0.15) is 5.75 Å². The number of nitrogens with two attached hydrogens (primary N) is 1. The number of nitrogens with zero attached hydrogens (tertiary/aromatic N) is 3. The van der Waals surface area contributed by atoms with Crippen LogP contribution in [0.2, 0.25) is 0 Å². The molecule has 1 amide bonds. The van der Waals surface area contributed by atoms with Gasteiger partial charge in [-0.05, 0) is 32.6 Å². The minimum atomic E-state index is -0.628. The van der Waals surface area contributed by atoms with Gasteiger partial charge in [0.25, 0.3) is 5.91 Å². The molecule has 1 heterocycles. The molecule has 0 saturated heterocycles. The van der Waals surface area contributed by atoms with Crippen molar-refractivity contribution in [2.45, 2.75) is 6.42 Å². The number of ether oxygens (including phenoxy) is 1. The fraction of sp³-hybridized carbons (Fsp3) is 0.312. The van der Waals surface area contributed by atoms with Crippen LogP contribution in [0.25, 0.3) is 0 Å². The van der Waals surface area contributed by atoms with Crippen molar-refractivity contribution in [2.75, 3.05) is 32.6 Å². The van der Waals surface area contributed by atoms with Crippen LogP contribution in [0.1, 0.15) is 16.9 Å². The van der Waals surface area contributed by atoms with Crippen molar-refractivity contribution in [2.24, 2.45) is 5.73 Å². The van der Waals surface area contributed by atoms with Crippen molar-refractivity contribution in [3.05, 3.63) is 42.4 Å². The summed E-state index contributed by atoms with van der Waals surface area (Å²) >= 11 is 0. The van der Waals surface area contributed by atoms with Crippen molar-refractivity contribution < 1.29 is 9.53 Å². The van der Waals surface area contributed by atoms with E-state index in [9.17, 15) is 4.79 Å². The van der Waals surface area contributed by atoms with Crippen LogP contribution in [0.3, 0.4) is 0 Å². The molecule has 1 aromatic heterocycles. The van der Waals surface area contributed by atoms with E-state index >= 15 is 0 Å². The standard InChI is InChI=1S/C16H21N5O2/c1-21(2)9-4-10-23-13-6-3-5-12(11-13)20-16-14(15(17)22)18-7-8-19-16/h3,5-8,11H,4,9-10H2,1-2H3,(H2,17,22)(H,19,20). The predicted octanol–water partition coefficient (Wildman–Crippen LogP) is 1.65. The number of anilines is 2. The number of amides is 1. The molecular formula is C16H21N5O2. The van der Waals surface area contributed by atoms with Crippen LogP contribution in [0.4, 0.5) is 11.5 Å². The Kier molecular flexibility index (Phi) is 5.87. The zero-order chi connectivity index (χ0) is 16.7. The van der Waals surface area contributed by atoms with Gasteiger partial charge in [-0.1, -0.05) is 6.07 Å². The summed E-state index contributed by atoms with van der Waals surface area (Å²) in [5.74, 6) is 0.444. The van der Waals surface area contributed by atoms with Gasteiger partial charge in [-0.3, -0.25) is 4.79 Å². The number of nitrogens with one attached hydrogen (secondary N) is 1. The lowest BCUT2D eigenvalue weighted by atomic mass is 10.3. The Bertz CT molecular complexity index is 660. The summed E-state index contributed by atoms with van der Waals surface area (Å²) in [6.45, 7) is 1.61. The van der Waals surface area contributed by atoms with Crippen molar-refractivity contribution in [3.8, 4) is 5.75 Å². The first-order valence-corrected chi connectivity index (χ1v) is 7.31. The van der Waals surface area contributed by atoms with Crippen molar-refractivity contribution in [1.29, 1.82) is 0 Å². The van der Waals surface area contributed by atoms with Gasteiger partial charge >= 0.3 is 0 Å². The zero-order valence-corrected chi connectivity index (χ0v) is 13.3. The first kappa shape index (κ1) is 16.7. The summed E-state index contributed by atoms with van der Waals surface area (Å²) in [6.07, 6.45) is 3.87. The van der Waals surface area contributed by atoms with Gasteiger partial charge in [0.2, 0.25) is 0 Å². The van der Waals surface area contributed by atoms with Crippen LogP contribution in [0, 0.1) is 0 Å². The number of aromatic nitrogens is 2. The van der Waals surface area contributed by atoms with E-state index in [0.717, 1.165) is 24.4 Å². The Morgan fingerprint density at radius 3 is 2.83 bits per heavy atom. The molecule has 1 aromatic carbocycles. The molecule has 0 unspecified atom stereocenters. The van der Waals surface area contributed by atoms with Gasteiger partial charge in [0.15, 0.2) is 11.5 Å². The molecule has 0 fully saturated rings.